The highest BCUT2D eigenvalue weighted by Crippen LogP contribution is 1.79. The lowest BCUT2D eigenvalue weighted by atomic mass is 10.4. The van der Waals surface area contributed by atoms with Crippen molar-refractivity contribution in [3.8, 4) is 0 Å². The largest absolute Gasteiger partial charge is 0.396 e. The maximum atomic E-state index is 2.14. The maximum Gasteiger partial charge on any atom is 0.321 e. The lowest BCUT2D eigenvalue weighted by Gasteiger charge is -1.91. The van der Waals surface area contributed by atoms with Gasteiger partial charge in [-0.1, -0.05) is 36.4 Å². The Balaban J connectivity index is 0.000000180. The van der Waals surface area contributed by atoms with Crippen molar-refractivity contribution in [2.24, 2.45) is 0 Å². The van der Waals surface area contributed by atoms with Crippen LogP contribution in [0.25, 0.3) is 0 Å². The smallest absolute Gasteiger partial charge is 0.321 e. The molecule has 0 aliphatic carbocycles. The van der Waals surface area contributed by atoms with Crippen molar-refractivity contribution in [3.63, 3.8) is 0 Å². The van der Waals surface area contributed by atoms with Gasteiger partial charge in [0.15, 0.2) is 0 Å². The molecule has 0 N–H and O–H groups in total. The Bertz CT molecular complexity index is 110. The first-order chi connectivity index (χ1) is 4.73. The number of nitrogens with zero attached hydrogens (tertiary/aromatic N) is 1. The van der Waals surface area contributed by atoms with E-state index in [1.54, 1.807) is 0 Å². The van der Waals surface area contributed by atoms with Crippen LogP contribution in [0.1, 0.15) is 0 Å². The molecule has 1 rings (SSSR count). The zero-order valence-electron chi connectivity index (χ0n) is 6.91. The van der Waals surface area contributed by atoms with Gasteiger partial charge in [-0.15, -0.1) is 0 Å². The fraction of sp³-hybridized carbons (Fsp3) is 0.250. The van der Waals surface area contributed by atoms with E-state index in [2.05, 4.69) is 18.0 Å². The van der Waals surface area contributed by atoms with E-state index in [4.69, 9.17) is 0 Å². The number of hydrogen-bond acceptors (Lipinski definition) is 1. The fourth-order valence-corrected chi connectivity index (χ4v) is 0.385. The second kappa shape index (κ2) is 6.83. The summed E-state index contributed by atoms with van der Waals surface area (Å²) < 4.78 is 2.14. The Morgan fingerprint density at radius 3 is 1.00 bits per heavy atom. The van der Waals surface area contributed by atoms with Gasteiger partial charge < -0.3 is 3.88 Å². The Labute approximate surface area is 71.3 Å². The van der Waals surface area contributed by atoms with Gasteiger partial charge in [-0.25, -0.2) is 0 Å². The van der Waals surface area contributed by atoms with Crippen LogP contribution < -0.4 is 0 Å². The van der Waals surface area contributed by atoms with Gasteiger partial charge in [0.05, 0.1) is 0 Å². The number of benzene rings is 1. The standard InChI is InChI=1S/C6H6.C2H6N.Al.2H/c1-2-4-6-5-3-1;1-3-2;;;/h1-6H;1-2H3;;;/q;-1;+1;;. The summed E-state index contributed by atoms with van der Waals surface area (Å²) in [7, 11) is 4.12. The van der Waals surface area contributed by atoms with Gasteiger partial charge in [0.1, 0.15) is 0 Å². The summed E-state index contributed by atoms with van der Waals surface area (Å²) in [6, 6.07) is 12.0. The van der Waals surface area contributed by atoms with Crippen LogP contribution in [0.15, 0.2) is 36.4 Å². The monoisotopic (exact) mass is 151 g/mol. The molecule has 1 aromatic carbocycles. The molecule has 0 aliphatic heterocycles. The van der Waals surface area contributed by atoms with E-state index in [-0.39, 0.29) is 0 Å². The van der Waals surface area contributed by atoms with Crippen molar-refractivity contribution >= 4 is 16.5 Å². The summed E-state index contributed by atoms with van der Waals surface area (Å²) in [5.41, 5.74) is 0. The predicted octanol–water partition coefficient (Wildman–Crippen LogP) is 0.783. The molecule has 0 saturated heterocycles. The van der Waals surface area contributed by atoms with E-state index >= 15 is 0 Å². The first-order valence-electron chi connectivity index (χ1n) is 3.34. The minimum atomic E-state index is 1.18. The first kappa shape index (κ1) is 9.71. The van der Waals surface area contributed by atoms with Gasteiger partial charge in [0, 0.05) is 0 Å². The topological polar surface area (TPSA) is 3.24 Å². The first-order valence-corrected chi connectivity index (χ1v) is 4.24. The van der Waals surface area contributed by atoms with Crippen LogP contribution in [-0.2, 0) is 0 Å². The fourth-order valence-electron chi connectivity index (χ4n) is 0.385. The van der Waals surface area contributed by atoms with E-state index in [0.717, 1.165) is 0 Å². The Hall–Kier alpha value is -0.288. The highest BCUT2D eigenvalue weighted by Gasteiger charge is 1.61. The van der Waals surface area contributed by atoms with Crippen molar-refractivity contribution in [1.29, 1.82) is 0 Å². The molecule has 1 aromatic rings. The van der Waals surface area contributed by atoms with Gasteiger partial charge in [-0.3, -0.25) is 0 Å². The lowest BCUT2D eigenvalue weighted by Crippen LogP contribution is -2.02. The van der Waals surface area contributed by atoms with Gasteiger partial charge in [-0.05, 0) is 14.1 Å². The highest BCUT2D eigenvalue weighted by molar-refractivity contribution is 6.03. The molecule has 0 unspecified atom stereocenters. The van der Waals surface area contributed by atoms with Crippen molar-refractivity contribution in [1.82, 2.24) is 3.88 Å². The van der Waals surface area contributed by atoms with Crippen LogP contribution in [0.4, 0.5) is 0 Å². The average Bonchev–Trinajstić information content (AvgIpc) is 1.90. The Morgan fingerprint density at radius 2 is 0.900 bits per heavy atom. The normalized spacial score (nSPS) is 8.30. The average molecular weight is 151 g/mol. The molecule has 0 saturated carbocycles. The van der Waals surface area contributed by atoms with Gasteiger partial charge >= 0.3 is 16.5 Å². The number of rotatable bonds is 0. The minimum absolute atomic E-state index is 1.18. The van der Waals surface area contributed by atoms with Crippen molar-refractivity contribution in [3.05, 3.63) is 36.4 Å². The molecule has 10 heavy (non-hydrogen) atoms. The second-order valence-corrected chi connectivity index (χ2v) is 4.29. The maximum absolute atomic E-state index is 2.14. The van der Waals surface area contributed by atoms with E-state index < -0.39 is 0 Å². The summed E-state index contributed by atoms with van der Waals surface area (Å²) in [5, 5.41) is 0. The van der Waals surface area contributed by atoms with Gasteiger partial charge in [-0.2, -0.15) is 0 Å². The molecule has 54 valence electrons. The SMILES string of the molecule is C[N](C)[AlH2].c1ccccc1. The van der Waals surface area contributed by atoms with Crippen LogP contribution in [0, 0.1) is 0 Å². The van der Waals surface area contributed by atoms with Crippen LogP contribution in [0.2, 0.25) is 0 Å². The van der Waals surface area contributed by atoms with E-state index in [1.165, 1.54) is 16.5 Å². The Kier molecular flexibility index (Phi) is 6.63. The van der Waals surface area contributed by atoms with Crippen molar-refractivity contribution in [2.75, 3.05) is 14.1 Å². The third-order valence-electron chi connectivity index (χ3n) is 0.667. The third kappa shape index (κ3) is 10.6. The van der Waals surface area contributed by atoms with E-state index in [9.17, 15) is 0 Å². The molecule has 0 aromatic heterocycles. The van der Waals surface area contributed by atoms with Crippen molar-refractivity contribution in [2.45, 2.75) is 0 Å². The molecule has 0 atom stereocenters. The van der Waals surface area contributed by atoms with Crippen LogP contribution in [0.3, 0.4) is 0 Å². The second-order valence-electron chi connectivity index (χ2n) is 2.50. The zero-order chi connectivity index (χ0) is 7.82. The molecule has 0 aliphatic rings. The lowest BCUT2D eigenvalue weighted by molar-refractivity contribution is 0.679. The summed E-state index contributed by atoms with van der Waals surface area (Å²) >= 11 is 1.18. The number of hydrogen-bond donors (Lipinski definition) is 0. The third-order valence-corrected chi connectivity index (χ3v) is 0.667. The Morgan fingerprint density at radius 1 is 0.800 bits per heavy atom. The molecule has 0 heterocycles. The summed E-state index contributed by atoms with van der Waals surface area (Å²) in [5.74, 6) is 0. The van der Waals surface area contributed by atoms with Crippen LogP contribution in [-0.4, -0.2) is 34.5 Å². The molecule has 0 spiro atoms. The van der Waals surface area contributed by atoms with Gasteiger partial charge in [0.25, 0.3) is 0 Å². The molecular formula is C8H14AlN. The van der Waals surface area contributed by atoms with E-state index in [0.29, 0.717) is 0 Å². The molecule has 0 bridgehead atoms. The molecular weight excluding hydrogens is 137 g/mol. The summed E-state index contributed by atoms with van der Waals surface area (Å²) in [4.78, 5) is 0. The predicted molar refractivity (Wildman–Crippen MR) is 48.7 cm³/mol. The molecule has 1 nitrogen and oxygen atoms in total. The zero-order valence-corrected chi connectivity index (χ0v) is 8.91. The van der Waals surface area contributed by atoms with E-state index in [1.807, 2.05) is 36.4 Å². The molecule has 0 amide bonds. The minimum Gasteiger partial charge on any atom is -0.396 e. The molecule has 2 heteroatoms. The quantitative estimate of drug-likeness (QED) is 0.495. The van der Waals surface area contributed by atoms with Gasteiger partial charge in [0.2, 0.25) is 0 Å². The molecule has 0 fully saturated rings. The summed E-state index contributed by atoms with van der Waals surface area (Å²) in [6.45, 7) is 0. The van der Waals surface area contributed by atoms with Crippen LogP contribution in [0.5, 0.6) is 0 Å². The highest BCUT2D eigenvalue weighted by atomic mass is 27.1. The molecule has 0 radical (unpaired) electrons. The summed E-state index contributed by atoms with van der Waals surface area (Å²) in [6.07, 6.45) is 0. The van der Waals surface area contributed by atoms with Crippen LogP contribution >= 0.6 is 0 Å². The van der Waals surface area contributed by atoms with Crippen molar-refractivity contribution < 1.29 is 0 Å².